The Morgan fingerprint density at radius 1 is 1.41 bits per heavy atom. The SMILES string of the molecule is CC(Oc1c(C2=CCOCC2)cccc1[N+](=O)[O-])C(F)(F)F. The molecule has 0 radical (unpaired) electrons. The summed E-state index contributed by atoms with van der Waals surface area (Å²) < 4.78 is 48.2. The summed E-state index contributed by atoms with van der Waals surface area (Å²) in [5, 5.41) is 11.1. The lowest BCUT2D eigenvalue weighted by molar-refractivity contribution is -0.386. The third-order valence-electron chi connectivity index (χ3n) is 3.26. The highest BCUT2D eigenvalue weighted by atomic mass is 19.4. The number of alkyl halides is 3. The van der Waals surface area contributed by atoms with Gasteiger partial charge in [-0.3, -0.25) is 10.1 Å². The van der Waals surface area contributed by atoms with E-state index in [1.165, 1.54) is 12.1 Å². The van der Waals surface area contributed by atoms with Crippen molar-refractivity contribution >= 4 is 11.3 Å². The quantitative estimate of drug-likeness (QED) is 0.627. The third kappa shape index (κ3) is 3.56. The lowest BCUT2D eigenvalue weighted by Gasteiger charge is -2.21. The van der Waals surface area contributed by atoms with Crippen molar-refractivity contribution in [3.8, 4) is 5.75 Å². The molecule has 8 heteroatoms. The average molecular weight is 317 g/mol. The second kappa shape index (κ2) is 6.35. The number of nitrogens with zero attached hydrogens (tertiary/aromatic N) is 1. The van der Waals surface area contributed by atoms with Crippen molar-refractivity contribution in [2.75, 3.05) is 13.2 Å². The molecule has 2 rings (SSSR count). The average Bonchev–Trinajstić information content (AvgIpc) is 2.47. The Balaban J connectivity index is 2.47. The number of halogens is 3. The summed E-state index contributed by atoms with van der Waals surface area (Å²) in [5.74, 6) is -0.356. The maximum atomic E-state index is 12.7. The Morgan fingerprint density at radius 2 is 2.14 bits per heavy atom. The van der Waals surface area contributed by atoms with E-state index in [2.05, 4.69) is 0 Å². The molecule has 1 aromatic rings. The molecule has 1 atom stereocenters. The molecule has 1 aliphatic heterocycles. The predicted molar refractivity (Wildman–Crippen MR) is 72.7 cm³/mol. The zero-order valence-corrected chi connectivity index (χ0v) is 11.7. The van der Waals surface area contributed by atoms with Crippen molar-refractivity contribution in [2.24, 2.45) is 0 Å². The monoisotopic (exact) mass is 317 g/mol. The number of nitro benzene ring substituents is 1. The summed E-state index contributed by atoms with van der Waals surface area (Å²) in [5.41, 5.74) is 0.494. The molecule has 0 saturated carbocycles. The van der Waals surface area contributed by atoms with E-state index in [1.807, 2.05) is 0 Å². The van der Waals surface area contributed by atoms with Gasteiger partial charge in [-0.15, -0.1) is 0 Å². The van der Waals surface area contributed by atoms with Crippen molar-refractivity contribution in [3.05, 3.63) is 40.0 Å². The van der Waals surface area contributed by atoms with Crippen LogP contribution in [0.25, 0.3) is 5.57 Å². The Labute approximate surface area is 124 Å². The Morgan fingerprint density at radius 3 is 2.68 bits per heavy atom. The number of nitro groups is 1. The van der Waals surface area contributed by atoms with Crippen LogP contribution >= 0.6 is 0 Å². The molecule has 1 aromatic carbocycles. The molecular formula is C14H14F3NO4. The number of para-hydroxylation sites is 1. The van der Waals surface area contributed by atoms with Gasteiger partial charge < -0.3 is 9.47 Å². The molecule has 1 aliphatic rings. The second-order valence-electron chi connectivity index (χ2n) is 4.77. The van der Waals surface area contributed by atoms with Crippen LogP contribution in [-0.2, 0) is 4.74 Å². The molecule has 0 spiro atoms. The summed E-state index contributed by atoms with van der Waals surface area (Å²) in [4.78, 5) is 10.3. The van der Waals surface area contributed by atoms with E-state index >= 15 is 0 Å². The number of rotatable bonds is 4. The standard InChI is InChI=1S/C14H14F3NO4/c1-9(14(15,16)17)22-13-11(10-5-7-21-8-6-10)3-2-4-12(13)18(19)20/h2-5,9H,6-8H2,1H3. The van der Waals surface area contributed by atoms with E-state index in [-0.39, 0.29) is 5.75 Å². The van der Waals surface area contributed by atoms with E-state index in [1.54, 1.807) is 6.08 Å². The first kappa shape index (κ1) is 16.3. The zero-order chi connectivity index (χ0) is 16.3. The topological polar surface area (TPSA) is 61.6 Å². The minimum Gasteiger partial charge on any atom is -0.474 e. The van der Waals surface area contributed by atoms with Crippen molar-refractivity contribution in [1.29, 1.82) is 0 Å². The molecule has 1 heterocycles. The van der Waals surface area contributed by atoms with Crippen LogP contribution in [0.3, 0.4) is 0 Å². The van der Waals surface area contributed by atoms with Crippen LogP contribution < -0.4 is 4.74 Å². The maximum absolute atomic E-state index is 12.7. The molecule has 0 saturated heterocycles. The van der Waals surface area contributed by atoms with Gasteiger partial charge in [-0.2, -0.15) is 13.2 Å². The molecule has 0 N–H and O–H groups in total. The van der Waals surface area contributed by atoms with Crippen molar-refractivity contribution < 1.29 is 27.6 Å². The fourth-order valence-corrected chi connectivity index (χ4v) is 2.06. The lowest BCUT2D eigenvalue weighted by atomic mass is 9.99. The van der Waals surface area contributed by atoms with E-state index < -0.39 is 22.9 Å². The van der Waals surface area contributed by atoms with Crippen LogP contribution in [-0.4, -0.2) is 30.4 Å². The number of ether oxygens (including phenoxy) is 2. The Kier molecular flexibility index (Phi) is 4.70. The van der Waals surface area contributed by atoms with E-state index in [9.17, 15) is 23.3 Å². The van der Waals surface area contributed by atoms with Crippen molar-refractivity contribution in [2.45, 2.75) is 25.6 Å². The molecule has 1 unspecified atom stereocenters. The fraction of sp³-hybridized carbons (Fsp3) is 0.429. The van der Waals surface area contributed by atoms with Gasteiger partial charge in [0.2, 0.25) is 5.75 Å². The van der Waals surface area contributed by atoms with Crippen molar-refractivity contribution in [3.63, 3.8) is 0 Å². The van der Waals surface area contributed by atoms with Crippen LogP contribution in [0.1, 0.15) is 18.9 Å². The summed E-state index contributed by atoms with van der Waals surface area (Å²) in [7, 11) is 0. The highest BCUT2D eigenvalue weighted by molar-refractivity contribution is 5.75. The van der Waals surface area contributed by atoms with Gasteiger partial charge >= 0.3 is 11.9 Å². The van der Waals surface area contributed by atoms with Gasteiger partial charge in [0.05, 0.1) is 18.1 Å². The largest absolute Gasteiger partial charge is 0.474 e. The first-order valence-corrected chi connectivity index (χ1v) is 6.58. The molecular weight excluding hydrogens is 303 g/mol. The minimum absolute atomic E-state index is 0.300. The predicted octanol–water partition coefficient (Wildman–Crippen LogP) is 3.73. The first-order chi connectivity index (χ1) is 10.3. The van der Waals surface area contributed by atoms with E-state index in [4.69, 9.17) is 9.47 Å². The van der Waals surface area contributed by atoms with Crippen LogP contribution in [0, 0.1) is 10.1 Å². The molecule has 0 bridgehead atoms. The Hall–Kier alpha value is -2.09. The number of hydrogen-bond acceptors (Lipinski definition) is 4. The molecule has 22 heavy (non-hydrogen) atoms. The van der Waals surface area contributed by atoms with Gasteiger partial charge in [0, 0.05) is 11.6 Å². The summed E-state index contributed by atoms with van der Waals surface area (Å²) in [6.45, 7) is 1.54. The summed E-state index contributed by atoms with van der Waals surface area (Å²) in [6, 6.07) is 4.07. The van der Waals surface area contributed by atoms with E-state index in [0.29, 0.717) is 30.8 Å². The number of hydrogen-bond donors (Lipinski definition) is 0. The van der Waals surface area contributed by atoms with E-state index in [0.717, 1.165) is 13.0 Å². The van der Waals surface area contributed by atoms with Gasteiger partial charge in [0.25, 0.3) is 0 Å². The molecule has 0 aliphatic carbocycles. The molecule has 0 amide bonds. The summed E-state index contributed by atoms with van der Waals surface area (Å²) >= 11 is 0. The third-order valence-corrected chi connectivity index (χ3v) is 3.26. The van der Waals surface area contributed by atoms with Gasteiger partial charge in [-0.1, -0.05) is 18.2 Å². The van der Waals surface area contributed by atoms with Gasteiger partial charge in [0.15, 0.2) is 6.10 Å². The van der Waals surface area contributed by atoms with Gasteiger partial charge in [-0.25, -0.2) is 0 Å². The van der Waals surface area contributed by atoms with Gasteiger partial charge in [0.1, 0.15) is 0 Å². The zero-order valence-electron chi connectivity index (χ0n) is 11.7. The smallest absolute Gasteiger partial charge is 0.425 e. The molecule has 0 fully saturated rings. The first-order valence-electron chi connectivity index (χ1n) is 6.58. The van der Waals surface area contributed by atoms with Crippen LogP contribution in [0.5, 0.6) is 5.75 Å². The minimum atomic E-state index is -4.61. The van der Waals surface area contributed by atoms with Crippen molar-refractivity contribution in [1.82, 2.24) is 0 Å². The molecule has 0 aromatic heterocycles. The highest BCUT2D eigenvalue weighted by Crippen LogP contribution is 2.39. The number of benzene rings is 1. The lowest BCUT2D eigenvalue weighted by Crippen LogP contribution is -2.31. The van der Waals surface area contributed by atoms with Crippen LogP contribution in [0.4, 0.5) is 18.9 Å². The fourth-order valence-electron chi connectivity index (χ4n) is 2.06. The normalized spacial score (nSPS) is 16.8. The summed E-state index contributed by atoms with van der Waals surface area (Å²) in [6.07, 6.45) is -4.61. The molecule has 120 valence electrons. The Bertz CT molecular complexity index is 598. The van der Waals surface area contributed by atoms with Crippen LogP contribution in [0.15, 0.2) is 24.3 Å². The maximum Gasteiger partial charge on any atom is 0.425 e. The second-order valence-corrected chi connectivity index (χ2v) is 4.77. The molecule has 5 nitrogen and oxygen atoms in total. The van der Waals surface area contributed by atoms with Gasteiger partial charge in [-0.05, 0) is 18.9 Å². The highest BCUT2D eigenvalue weighted by Gasteiger charge is 2.39. The van der Waals surface area contributed by atoms with Crippen LogP contribution in [0.2, 0.25) is 0 Å².